The number of nitrogens with zero attached hydrogens (tertiary/aromatic N) is 2. The van der Waals surface area contributed by atoms with Gasteiger partial charge in [0.1, 0.15) is 12.1 Å². The maximum absolute atomic E-state index is 10.2. The van der Waals surface area contributed by atoms with Crippen LogP contribution in [0.2, 0.25) is 0 Å². The largest absolute Gasteiger partial charge is 0.378 e. The number of anilines is 1. The Labute approximate surface area is 87.9 Å². The van der Waals surface area contributed by atoms with Crippen LogP contribution in [0.25, 0.3) is 11.0 Å². The van der Waals surface area contributed by atoms with Crippen molar-refractivity contribution in [2.45, 2.75) is 6.92 Å². The molecule has 0 aliphatic heterocycles. The molecule has 0 saturated heterocycles. The molecule has 0 fully saturated rings. The van der Waals surface area contributed by atoms with Crippen LogP contribution in [0.15, 0.2) is 18.2 Å². The van der Waals surface area contributed by atoms with E-state index in [0.29, 0.717) is 6.54 Å². The predicted octanol–water partition coefficient (Wildman–Crippen LogP) is 1.49. The summed E-state index contributed by atoms with van der Waals surface area (Å²) in [5.41, 5.74) is 2.97. The van der Waals surface area contributed by atoms with Crippen LogP contribution in [-0.2, 0) is 11.8 Å². The van der Waals surface area contributed by atoms with Gasteiger partial charge in [-0.3, -0.25) is 0 Å². The number of fused-ring (bicyclic) bond motifs is 1. The minimum atomic E-state index is 0.331. The highest BCUT2D eigenvalue weighted by molar-refractivity contribution is 5.80. The zero-order valence-corrected chi connectivity index (χ0v) is 8.82. The van der Waals surface area contributed by atoms with E-state index in [4.69, 9.17) is 0 Å². The smallest absolute Gasteiger partial charge is 0.139 e. The SMILES string of the molecule is Cc1nc2cc(NCC=O)ccc2n1C. The van der Waals surface area contributed by atoms with Crippen molar-refractivity contribution in [1.82, 2.24) is 9.55 Å². The van der Waals surface area contributed by atoms with E-state index in [2.05, 4.69) is 10.3 Å². The van der Waals surface area contributed by atoms with E-state index in [1.165, 1.54) is 0 Å². The number of aryl methyl sites for hydroxylation is 2. The van der Waals surface area contributed by atoms with E-state index >= 15 is 0 Å². The average Bonchev–Trinajstić information content (AvgIpc) is 2.52. The van der Waals surface area contributed by atoms with Gasteiger partial charge in [0.2, 0.25) is 0 Å². The van der Waals surface area contributed by atoms with Gasteiger partial charge in [-0.05, 0) is 25.1 Å². The Morgan fingerprint density at radius 1 is 1.53 bits per heavy atom. The van der Waals surface area contributed by atoms with Crippen LogP contribution in [0.3, 0.4) is 0 Å². The van der Waals surface area contributed by atoms with E-state index in [0.717, 1.165) is 28.8 Å². The fourth-order valence-corrected chi connectivity index (χ4v) is 1.59. The van der Waals surface area contributed by atoms with E-state index in [1.807, 2.05) is 36.7 Å². The Morgan fingerprint density at radius 3 is 3.07 bits per heavy atom. The van der Waals surface area contributed by atoms with Gasteiger partial charge in [-0.15, -0.1) is 0 Å². The third-order valence-electron chi connectivity index (χ3n) is 2.49. The summed E-state index contributed by atoms with van der Waals surface area (Å²) in [5, 5.41) is 3.00. The number of benzene rings is 1. The second kappa shape index (κ2) is 3.73. The number of carbonyl (C=O) groups excluding carboxylic acids is 1. The summed E-state index contributed by atoms with van der Waals surface area (Å²) in [6.45, 7) is 2.30. The Morgan fingerprint density at radius 2 is 2.33 bits per heavy atom. The number of hydrogen-bond acceptors (Lipinski definition) is 3. The molecule has 2 rings (SSSR count). The molecular formula is C11H13N3O. The monoisotopic (exact) mass is 203 g/mol. The van der Waals surface area contributed by atoms with Crippen LogP contribution in [0, 0.1) is 6.92 Å². The molecule has 0 bridgehead atoms. The van der Waals surface area contributed by atoms with Crippen molar-refractivity contribution in [3.05, 3.63) is 24.0 Å². The fourth-order valence-electron chi connectivity index (χ4n) is 1.59. The molecular weight excluding hydrogens is 190 g/mol. The number of imidazole rings is 1. The zero-order chi connectivity index (χ0) is 10.8. The van der Waals surface area contributed by atoms with Crippen LogP contribution in [0.5, 0.6) is 0 Å². The summed E-state index contributed by atoms with van der Waals surface area (Å²) in [5.74, 6) is 0.984. The molecule has 15 heavy (non-hydrogen) atoms. The lowest BCUT2D eigenvalue weighted by molar-refractivity contribution is -0.106. The van der Waals surface area contributed by atoms with Crippen molar-refractivity contribution < 1.29 is 4.79 Å². The minimum absolute atomic E-state index is 0.331. The van der Waals surface area contributed by atoms with Crippen molar-refractivity contribution >= 4 is 23.0 Å². The lowest BCUT2D eigenvalue weighted by Crippen LogP contribution is -2.01. The van der Waals surface area contributed by atoms with Gasteiger partial charge in [-0.25, -0.2) is 4.98 Å². The van der Waals surface area contributed by atoms with Crippen molar-refractivity contribution in [2.75, 3.05) is 11.9 Å². The van der Waals surface area contributed by atoms with Crippen molar-refractivity contribution in [2.24, 2.45) is 7.05 Å². The number of aldehydes is 1. The minimum Gasteiger partial charge on any atom is -0.378 e. The number of aromatic nitrogens is 2. The van der Waals surface area contributed by atoms with Gasteiger partial charge in [0.15, 0.2) is 0 Å². The second-order valence-corrected chi connectivity index (χ2v) is 3.47. The van der Waals surface area contributed by atoms with E-state index in [-0.39, 0.29) is 0 Å². The standard InChI is InChI=1S/C11H13N3O/c1-8-13-10-7-9(12-5-6-15)3-4-11(10)14(8)2/h3-4,6-7,12H,5H2,1-2H3. The van der Waals surface area contributed by atoms with Crippen LogP contribution in [0.1, 0.15) is 5.82 Å². The highest BCUT2D eigenvalue weighted by atomic mass is 16.1. The summed E-state index contributed by atoms with van der Waals surface area (Å²) in [6, 6.07) is 5.90. The van der Waals surface area contributed by atoms with Crippen LogP contribution in [0.4, 0.5) is 5.69 Å². The second-order valence-electron chi connectivity index (χ2n) is 3.47. The average molecular weight is 203 g/mol. The summed E-state index contributed by atoms with van der Waals surface area (Å²) < 4.78 is 2.04. The van der Waals surface area contributed by atoms with Crippen LogP contribution < -0.4 is 5.32 Å². The number of hydrogen-bond donors (Lipinski definition) is 1. The van der Waals surface area contributed by atoms with E-state index in [1.54, 1.807) is 0 Å². The first-order valence-corrected chi connectivity index (χ1v) is 4.83. The molecule has 0 aliphatic rings. The molecule has 0 saturated carbocycles. The fraction of sp³-hybridized carbons (Fsp3) is 0.273. The van der Waals surface area contributed by atoms with Crippen molar-refractivity contribution in [1.29, 1.82) is 0 Å². The first kappa shape index (κ1) is 9.71. The number of nitrogens with one attached hydrogen (secondary N) is 1. The molecule has 4 heteroatoms. The molecule has 1 heterocycles. The molecule has 0 unspecified atom stereocenters. The zero-order valence-electron chi connectivity index (χ0n) is 8.82. The molecule has 0 aliphatic carbocycles. The Hall–Kier alpha value is -1.84. The summed E-state index contributed by atoms with van der Waals surface area (Å²) in [6.07, 6.45) is 0.841. The van der Waals surface area contributed by atoms with Gasteiger partial charge in [0.25, 0.3) is 0 Å². The summed E-state index contributed by atoms with van der Waals surface area (Å²) in [7, 11) is 1.99. The quantitative estimate of drug-likeness (QED) is 0.769. The first-order valence-electron chi connectivity index (χ1n) is 4.83. The molecule has 4 nitrogen and oxygen atoms in total. The number of carbonyl (C=O) groups is 1. The van der Waals surface area contributed by atoms with Crippen molar-refractivity contribution in [3.8, 4) is 0 Å². The van der Waals surface area contributed by atoms with Gasteiger partial charge in [-0.2, -0.15) is 0 Å². The molecule has 0 atom stereocenters. The topological polar surface area (TPSA) is 46.9 Å². The predicted molar refractivity (Wildman–Crippen MR) is 60.0 cm³/mol. The third kappa shape index (κ3) is 1.70. The molecule has 1 aromatic carbocycles. The lowest BCUT2D eigenvalue weighted by Gasteiger charge is -2.01. The first-order chi connectivity index (χ1) is 7.22. The Bertz CT molecular complexity index is 502. The molecule has 2 aromatic rings. The van der Waals surface area contributed by atoms with Gasteiger partial charge in [0, 0.05) is 12.7 Å². The summed E-state index contributed by atoms with van der Waals surface area (Å²) >= 11 is 0. The molecule has 0 amide bonds. The third-order valence-corrected chi connectivity index (χ3v) is 2.49. The molecule has 1 aromatic heterocycles. The van der Waals surface area contributed by atoms with Crippen LogP contribution >= 0.6 is 0 Å². The lowest BCUT2D eigenvalue weighted by atomic mass is 10.2. The molecule has 78 valence electrons. The van der Waals surface area contributed by atoms with Gasteiger partial charge >= 0.3 is 0 Å². The maximum Gasteiger partial charge on any atom is 0.139 e. The van der Waals surface area contributed by atoms with Gasteiger partial charge < -0.3 is 14.7 Å². The van der Waals surface area contributed by atoms with Gasteiger partial charge in [0.05, 0.1) is 17.6 Å². The number of rotatable bonds is 3. The Balaban J connectivity index is 2.43. The summed E-state index contributed by atoms with van der Waals surface area (Å²) in [4.78, 5) is 14.6. The van der Waals surface area contributed by atoms with Crippen molar-refractivity contribution in [3.63, 3.8) is 0 Å². The highest BCUT2D eigenvalue weighted by Crippen LogP contribution is 2.18. The Kier molecular flexibility index (Phi) is 2.41. The molecule has 0 radical (unpaired) electrons. The molecule has 0 spiro atoms. The van der Waals surface area contributed by atoms with Crippen LogP contribution in [-0.4, -0.2) is 22.4 Å². The highest BCUT2D eigenvalue weighted by Gasteiger charge is 2.03. The van der Waals surface area contributed by atoms with E-state index < -0.39 is 0 Å². The van der Waals surface area contributed by atoms with Gasteiger partial charge in [-0.1, -0.05) is 0 Å². The molecule has 1 N–H and O–H groups in total. The maximum atomic E-state index is 10.2. The van der Waals surface area contributed by atoms with E-state index in [9.17, 15) is 4.79 Å². The normalized spacial score (nSPS) is 10.5.